The number of aromatic nitrogens is 8. The Morgan fingerprint density at radius 3 is 2.64 bits per heavy atom. The van der Waals surface area contributed by atoms with Gasteiger partial charge in [0.1, 0.15) is 17.1 Å². The summed E-state index contributed by atoms with van der Waals surface area (Å²) in [5.41, 5.74) is 1.21. The van der Waals surface area contributed by atoms with Crippen molar-refractivity contribution < 1.29 is 14.6 Å². The maximum atomic E-state index is 12.4. The van der Waals surface area contributed by atoms with E-state index in [1.165, 1.54) is 4.52 Å². The third-order valence-corrected chi connectivity index (χ3v) is 5.07. The topological polar surface area (TPSA) is 137 Å². The summed E-state index contributed by atoms with van der Waals surface area (Å²) in [5.74, 6) is 0.961. The standard InChI is InChI=1S/C21H19N9O3/c1-28-9-7-23-20(28)19-25-18(24-15-10-12(33-3)4-6-22-15)17-16(21(31)32)13(11-30(17)27-19)14-5-8-29(2)26-14/h4-11H,1-3H3,(H,31,32)(H,22,24,25,27). The summed E-state index contributed by atoms with van der Waals surface area (Å²) in [6, 6.07) is 5.13. The molecule has 0 fully saturated rings. The molecule has 0 spiro atoms. The number of pyridine rings is 1. The lowest BCUT2D eigenvalue weighted by Crippen LogP contribution is -2.08. The molecule has 0 aromatic carbocycles. The lowest BCUT2D eigenvalue weighted by Gasteiger charge is -2.11. The smallest absolute Gasteiger partial charge is 0.338 e. The molecule has 5 aromatic rings. The van der Waals surface area contributed by atoms with E-state index in [0.29, 0.717) is 34.5 Å². The van der Waals surface area contributed by atoms with E-state index in [0.717, 1.165) is 0 Å². The fourth-order valence-corrected chi connectivity index (χ4v) is 3.54. The molecule has 12 nitrogen and oxygen atoms in total. The number of hydrogen-bond acceptors (Lipinski definition) is 8. The summed E-state index contributed by atoms with van der Waals surface area (Å²) in [5, 5.41) is 22.1. The Bertz CT molecular complexity index is 1500. The van der Waals surface area contributed by atoms with Crippen LogP contribution >= 0.6 is 0 Å². The summed E-state index contributed by atoms with van der Waals surface area (Å²) >= 11 is 0. The predicted molar refractivity (Wildman–Crippen MR) is 118 cm³/mol. The van der Waals surface area contributed by atoms with E-state index in [1.807, 2.05) is 7.05 Å². The van der Waals surface area contributed by atoms with E-state index in [4.69, 9.17) is 4.74 Å². The Labute approximate surface area is 187 Å². The van der Waals surface area contributed by atoms with Gasteiger partial charge in [-0.1, -0.05) is 0 Å². The number of aromatic carboxylic acids is 1. The van der Waals surface area contributed by atoms with Crippen LogP contribution in [-0.2, 0) is 14.1 Å². The Balaban J connectivity index is 1.78. The number of nitrogens with one attached hydrogen (secondary N) is 1. The monoisotopic (exact) mass is 445 g/mol. The largest absolute Gasteiger partial charge is 0.497 e. The summed E-state index contributed by atoms with van der Waals surface area (Å²) in [4.78, 5) is 25.6. The average molecular weight is 445 g/mol. The number of nitrogens with zero attached hydrogens (tertiary/aromatic N) is 8. The maximum absolute atomic E-state index is 12.4. The van der Waals surface area contributed by atoms with E-state index in [2.05, 4.69) is 30.5 Å². The highest BCUT2D eigenvalue weighted by molar-refractivity contribution is 6.06. The van der Waals surface area contributed by atoms with Gasteiger partial charge >= 0.3 is 5.97 Å². The molecule has 0 unspecified atom stereocenters. The van der Waals surface area contributed by atoms with Crippen molar-refractivity contribution in [1.29, 1.82) is 0 Å². The van der Waals surface area contributed by atoms with Crippen LogP contribution in [0.2, 0.25) is 0 Å². The number of imidazole rings is 1. The van der Waals surface area contributed by atoms with Gasteiger partial charge in [0.05, 0.1) is 18.4 Å². The Kier molecular flexibility index (Phi) is 4.74. The van der Waals surface area contributed by atoms with E-state index in [9.17, 15) is 9.90 Å². The van der Waals surface area contributed by atoms with Crippen LogP contribution in [-0.4, -0.2) is 57.1 Å². The van der Waals surface area contributed by atoms with Crippen molar-refractivity contribution in [3.05, 3.63) is 54.7 Å². The van der Waals surface area contributed by atoms with Gasteiger partial charge in [-0.25, -0.2) is 24.3 Å². The van der Waals surface area contributed by atoms with Gasteiger partial charge in [-0.05, 0) is 12.1 Å². The Morgan fingerprint density at radius 2 is 1.97 bits per heavy atom. The van der Waals surface area contributed by atoms with Crippen LogP contribution in [0.25, 0.3) is 28.4 Å². The van der Waals surface area contributed by atoms with Crippen LogP contribution < -0.4 is 10.1 Å². The molecular formula is C21H19N9O3. The minimum atomic E-state index is -1.13. The number of carbonyl (C=O) groups is 1. The van der Waals surface area contributed by atoms with Gasteiger partial charge in [0.2, 0.25) is 5.82 Å². The van der Waals surface area contributed by atoms with Crippen molar-refractivity contribution in [2.75, 3.05) is 12.4 Å². The number of fused-ring (bicyclic) bond motifs is 1. The Hall–Kier alpha value is -4.74. The molecule has 12 heteroatoms. The molecule has 0 amide bonds. The average Bonchev–Trinajstić information content (AvgIpc) is 3.51. The van der Waals surface area contributed by atoms with Crippen LogP contribution in [0.1, 0.15) is 10.4 Å². The number of carboxylic acids is 1. The Morgan fingerprint density at radius 1 is 1.12 bits per heavy atom. The second kappa shape index (κ2) is 7.75. The molecule has 0 bridgehead atoms. The van der Waals surface area contributed by atoms with Gasteiger partial charge in [0.25, 0.3) is 0 Å². The highest BCUT2D eigenvalue weighted by Crippen LogP contribution is 2.33. The zero-order valence-electron chi connectivity index (χ0n) is 18.0. The number of ether oxygens (including phenoxy) is 1. The molecule has 0 saturated carbocycles. The minimum absolute atomic E-state index is 0.0190. The number of methoxy groups -OCH3 is 1. The molecule has 0 atom stereocenters. The summed E-state index contributed by atoms with van der Waals surface area (Å²) in [6.45, 7) is 0. The fourth-order valence-electron chi connectivity index (χ4n) is 3.54. The van der Waals surface area contributed by atoms with Gasteiger partial charge < -0.3 is 19.7 Å². The van der Waals surface area contributed by atoms with Crippen molar-refractivity contribution in [2.24, 2.45) is 14.1 Å². The second-order valence-electron chi connectivity index (χ2n) is 7.24. The quantitative estimate of drug-likeness (QED) is 0.403. The van der Waals surface area contributed by atoms with Crippen molar-refractivity contribution in [3.8, 4) is 28.7 Å². The van der Waals surface area contributed by atoms with Gasteiger partial charge in [0.15, 0.2) is 11.6 Å². The van der Waals surface area contributed by atoms with Gasteiger partial charge in [-0.15, -0.1) is 5.10 Å². The van der Waals surface area contributed by atoms with Crippen LogP contribution in [0.4, 0.5) is 11.6 Å². The molecule has 0 aliphatic carbocycles. The van der Waals surface area contributed by atoms with Gasteiger partial charge in [-0.3, -0.25) is 4.68 Å². The van der Waals surface area contributed by atoms with Crippen molar-refractivity contribution >= 4 is 23.1 Å². The highest BCUT2D eigenvalue weighted by Gasteiger charge is 2.26. The first-order valence-electron chi connectivity index (χ1n) is 9.86. The molecule has 33 heavy (non-hydrogen) atoms. The van der Waals surface area contributed by atoms with E-state index < -0.39 is 5.97 Å². The van der Waals surface area contributed by atoms with Crippen LogP contribution in [0.5, 0.6) is 5.75 Å². The lowest BCUT2D eigenvalue weighted by atomic mass is 10.1. The summed E-state index contributed by atoms with van der Waals surface area (Å²) < 4.78 is 10.1. The van der Waals surface area contributed by atoms with Gasteiger partial charge in [-0.2, -0.15) is 5.10 Å². The third-order valence-electron chi connectivity index (χ3n) is 5.07. The molecule has 166 valence electrons. The highest BCUT2D eigenvalue weighted by atomic mass is 16.5. The summed E-state index contributed by atoms with van der Waals surface area (Å²) in [7, 11) is 5.14. The van der Waals surface area contributed by atoms with Crippen molar-refractivity contribution in [3.63, 3.8) is 0 Å². The first-order chi connectivity index (χ1) is 15.9. The van der Waals surface area contributed by atoms with E-state index in [1.54, 1.807) is 72.6 Å². The second-order valence-corrected chi connectivity index (χ2v) is 7.24. The molecule has 5 aromatic heterocycles. The van der Waals surface area contributed by atoms with Crippen LogP contribution in [0.15, 0.2) is 49.2 Å². The number of hydrogen-bond donors (Lipinski definition) is 2. The van der Waals surface area contributed by atoms with E-state index in [-0.39, 0.29) is 16.9 Å². The number of anilines is 2. The molecule has 5 heterocycles. The van der Waals surface area contributed by atoms with Crippen molar-refractivity contribution in [2.45, 2.75) is 0 Å². The fraction of sp³-hybridized carbons (Fsp3) is 0.143. The number of carboxylic acid groups (broad SMARTS) is 1. The lowest BCUT2D eigenvalue weighted by molar-refractivity contribution is 0.0700. The van der Waals surface area contributed by atoms with Gasteiger partial charge in [0, 0.05) is 56.7 Å². The zero-order valence-corrected chi connectivity index (χ0v) is 18.0. The molecule has 0 radical (unpaired) electrons. The molecule has 0 aliphatic heterocycles. The first-order valence-corrected chi connectivity index (χ1v) is 9.86. The molecular weight excluding hydrogens is 426 g/mol. The normalized spacial score (nSPS) is 11.1. The third kappa shape index (κ3) is 3.52. The molecule has 5 rings (SSSR count). The molecule has 0 aliphatic rings. The number of aryl methyl sites for hydroxylation is 2. The summed E-state index contributed by atoms with van der Waals surface area (Å²) in [6.07, 6.45) is 8.36. The predicted octanol–water partition coefficient (Wildman–Crippen LogP) is 2.38. The van der Waals surface area contributed by atoms with Crippen LogP contribution in [0.3, 0.4) is 0 Å². The maximum Gasteiger partial charge on any atom is 0.338 e. The first kappa shape index (κ1) is 20.2. The molecule has 2 N–H and O–H groups in total. The zero-order chi connectivity index (χ0) is 23.1. The van der Waals surface area contributed by atoms with Crippen molar-refractivity contribution in [1.82, 2.24) is 38.9 Å². The van der Waals surface area contributed by atoms with E-state index >= 15 is 0 Å². The number of rotatable bonds is 6. The van der Waals surface area contributed by atoms with Crippen LogP contribution in [0, 0.1) is 0 Å². The minimum Gasteiger partial charge on any atom is -0.497 e. The SMILES string of the molecule is COc1ccnc(Nc2nc(-c3nccn3C)nn3cc(-c4ccn(C)n4)c(C(=O)O)c23)c1. The molecule has 0 saturated heterocycles.